The van der Waals surface area contributed by atoms with Crippen LogP contribution in [0, 0.1) is 25.2 Å². The molecule has 0 unspecified atom stereocenters. The number of rotatable bonds is 6. The summed E-state index contributed by atoms with van der Waals surface area (Å²) in [5.41, 5.74) is 4.57. The van der Waals surface area contributed by atoms with E-state index in [4.69, 9.17) is 4.74 Å². The number of aromatic nitrogens is 1. The molecule has 0 radical (unpaired) electrons. The SMILES string of the molecule is CCOC(=O)c1ccc(-n2c(C)cc(/C=C(/C#N)C(=O)c3ccccc3)c2C)cc1. The topological polar surface area (TPSA) is 72.1 Å². The van der Waals surface area contributed by atoms with E-state index in [1.165, 1.54) is 0 Å². The number of Topliss-reactive ketones (excluding diaryl/α,β-unsaturated/α-hetero) is 1. The summed E-state index contributed by atoms with van der Waals surface area (Å²) in [5, 5.41) is 9.54. The predicted octanol–water partition coefficient (Wildman–Crippen LogP) is 5.06. The molecule has 0 atom stereocenters. The molecular weight excluding hydrogens is 376 g/mol. The molecule has 1 heterocycles. The summed E-state index contributed by atoms with van der Waals surface area (Å²) in [5.74, 6) is -0.659. The second kappa shape index (κ2) is 9.06. The summed E-state index contributed by atoms with van der Waals surface area (Å²) in [6.45, 7) is 5.98. The fraction of sp³-hybridized carbons (Fsp3) is 0.160. The second-order valence-corrected chi connectivity index (χ2v) is 6.79. The first kappa shape index (κ1) is 20.8. The molecule has 0 spiro atoms. The van der Waals surface area contributed by atoms with Gasteiger partial charge in [-0.25, -0.2) is 4.79 Å². The molecule has 0 fully saturated rings. The van der Waals surface area contributed by atoms with Crippen molar-refractivity contribution < 1.29 is 14.3 Å². The van der Waals surface area contributed by atoms with E-state index in [0.717, 1.165) is 22.6 Å². The van der Waals surface area contributed by atoms with Crippen LogP contribution in [0.15, 0.2) is 66.2 Å². The number of ether oxygens (including phenoxy) is 1. The molecule has 0 saturated carbocycles. The summed E-state index contributed by atoms with van der Waals surface area (Å²) in [6.07, 6.45) is 1.63. The van der Waals surface area contributed by atoms with Crippen LogP contribution in [-0.4, -0.2) is 22.9 Å². The van der Waals surface area contributed by atoms with E-state index in [0.29, 0.717) is 17.7 Å². The molecule has 0 aliphatic carbocycles. The third-order valence-electron chi connectivity index (χ3n) is 4.81. The van der Waals surface area contributed by atoms with E-state index in [2.05, 4.69) is 0 Å². The lowest BCUT2D eigenvalue weighted by molar-refractivity contribution is 0.0526. The van der Waals surface area contributed by atoms with Gasteiger partial charge in [-0.05, 0) is 62.7 Å². The van der Waals surface area contributed by atoms with Crippen LogP contribution in [0.3, 0.4) is 0 Å². The summed E-state index contributed by atoms with van der Waals surface area (Å²) in [4.78, 5) is 24.5. The van der Waals surface area contributed by atoms with E-state index in [-0.39, 0.29) is 17.3 Å². The monoisotopic (exact) mass is 398 g/mol. The summed E-state index contributed by atoms with van der Waals surface area (Å²) in [6, 6.07) is 19.9. The molecule has 30 heavy (non-hydrogen) atoms. The number of carbonyl (C=O) groups is 2. The summed E-state index contributed by atoms with van der Waals surface area (Å²) in [7, 11) is 0. The smallest absolute Gasteiger partial charge is 0.338 e. The van der Waals surface area contributed by atoms with Gasteiger partial charge in [0, 0.05) is 22.6 Å². The Balaban J connectivity index is 1.95. The Bertz CT molecular complexity index is 1150. The predicted molar refractivity (Wildman–Crippen MR) is 116 cm³/mol. The average molecular weight is 398 g/mol. The molecule has 2 aromatic carbocycles. The number of hydrogen-bond acceptors (Lipinski definition) is 4. The zero-order chi connectivity index (χ0) is 21.7. The number of aryl methyl sites for hydroxylation is 1. The van der Waals surface area contributed by atoms with Gasteiger partial charge in [0.05, 0.1) is 12.2 Å². The maximum Gasteiger partial charge on any atom is 0.338 e. The van der Waals surface area contributed by atoms with Gasteiger partial charge in [-0.1, -0.05) is 30.3 Å². The second-order valence-electron chi connectivity index (χ2n) is 6.79. The van der Waals surface area contributed by atoms with Gasteiger partial charge < -0.3 is 9.30 Å². The minimum Gasteiger partial charge on any atom is -0.462 e. The number of ketones is 1. The lowest BCUT2D eigenvalue weighted by Gasteiger charge is -2.10. The molecule has 3 aromatic rings. The van der Waals surface area contributed by atoms with Gasteiger partial charge in [0.15, 0.2) is 0 Å². The van der Waals surface area contributed by atoms with Gasteiger partial charge in [-0.3, -0.25) is 4.79 Å². The molecule has 0 aliphatic rings. The van der Waals surface area contributed by atoms with Crippen LogP contribution < -0.4 is 0 Å². The van der Waals surface area contributed by atoms with Crippen molar-refractivity contribution in [1.82, 2.24) is 4.57 Å². The summed E-state index contributed by atoms with van der Waals surface area (Å²) >= 11 is 0. The van der Waals surface area contributed by atoms with E-state index in [9.17, 15) is 14.9 Å². The number of benzene rings is 2. The van der Waals surface area contributed by atoms with E-state index >= 15 is 0 Å². The third-order valence-corrected chi connectivity index (χ3v) is 4.81. The van der Waals surface area contributed by atoms with Crippen LogP contribution in [0.1, 0.15) is 44.6 Å². The largest absolute Gasteiger partial charge is 0.462 e. The Hall–Kier alpha value is -3.91. The molecule has 150 valence electrons. The lowest BCUT2D eigenvalue weighted by atomic mass is 10.0. The molecule has 0 saturated heterocycles. The fourth-order valence-electron chi connectivity index (χ4n) is 3.34. The van der Waals surface area contributed by atoms with Crippen molar-refractivity contribution in [3.8, 4) is 11.8 Å². The van der Waals surface area contributed by atoms with Crippen LogP contribution in [0.5, 0.6) is 0 Å². The van der Waals surface area contributed by atoms with Crippen molar-refractivity contribution in [2.75, 3.05) is 6.61 Å². The summed E-state index contributed by atoms with van der Waals surface area (Å²) < 4.78 is 7.04. The highest BCUT2D eigenvalue weighted by Gasteiger charge is 2.15. The van der Waals surface area contributed by atoms with Crippen LogP contribution in [0.2, 0.25) is 0 Å². The molecule has 0 aliphatic heterocycles. The average Bonchev–Trinajstić information content (AvgIpc) is 3.05. The zero-order valence-corrected chi connectivity index (χ0v) is 17.2. The first-order chi connectivity index (χ1) is 14.5. The van der Waals surface area contributed by atoms with Gasteiger partial charge >= 0.3 is 5.97 Å². The van der Waals surface area contributed by atoms with Crippen LogP contribution in [0.4, 0.5) is 0 Å². The Morgan fingerprint density at radius 2 is 1.70 bits per heavy atom. The first-order valence-corrected chi connectivity index (χ1v) is 9.64. The van der Waals surface area contributed by atoms with Crippen molar-refractivity contribution in [3.63, 3.8) is 0 Å². The van der Waals surface area contributed by atoms with E-state index < -0.39 is 0 Å². The highest BCUT2D eigenvalue weighted by atomic mass is 16.5. The number of hydrogen-bond donors (Lipinski definition) is 0. The number of allylic oxidation sites excluding steroid dienone is 1. The fourth-order valence-corrected chi connectivity index (χ4v) is 3.34. The molecule has 5 heteroatoms. The number of esters is 1. The normalized spacial score (nSPS) is 11.1. The van der Waals surface area contributed by atoms with Gasteiger partial charge in [-0.15, -0.1) is 0 Å². The Labute approximate surface area is 175 Å². The Morgan fingerprint density at radius 1 is 1.03 bits per heavy atom. The third kappa shape index (κ3) is 4.23. The maximum absolute atomic E-state index is 12.7. The maximum atomic E-state index is 12.7. The van der Waals surface area contributed by atoms with Gasteiger partial charge in [0.25, 0.3) is 0 Å². The number of nitriles is 1. The van der Waals surface area contributed by atoms with Crippen LogP contribution >= 0.6 is 0 Å². The van der Waals surface area contributed by atoms with Gasteiger partial charge in [-0.2, -0.15) is 5.26 Å². The molecule has 5 nitrogen and oxygen atoms in total. The lowest BCUT2D eigenvalue weighted by Crippen LogP contribution is -2.05. The molecule has 0 N–H and O–H groups in total. The molecular formula is C25H22N2O3. The van der Waals surface area contributed by atoms with E-state index in [1.54, 1.807) is 49.4 Å². The van der Waals surface area contributed by atoms with Crippen molar-refractivity contribution in [2.24, 2.45) is 0 Å². The number of nitrogens with zero attached hydrogens (tertiary/aromatic N) is 2. The van der Waals surface area contributed by atoms with E-state index in [1.807, 2.05) is 48.7 Å². The first-order valence-electron chi connectivity index (χ1n) is 9.64. The van der Waals surface area contributed by atoms with Crippen LogP contribution in [0.25, 0.3) is 11.8 Å². The zero-order valence-electron chi connectivity index (χ0n) is 17.2. The molecule has 3 rings (SSSR count). The quantitative estimate of drug-likeness (QED) is 0.252. The number of carbonyl (C=O) groups excluding carboxylic acids is 2. The Kier molecular flexibility index (Phi) is 6.29. The standard InChI is InChI=1S/C25H22N2O3/c1-4-30-25(29)20-10-12-23(13-11-20)27-17(2)14-21(18(27)3)15-22(16-26)24(28)19-8-6-5-7-9-19/h5-15H,4H2,1-3H3/b22-15-. The highest BCUT2D eigenvalue weighted by Crippen LogP contribution is 2.24. The van der Waals surface area contributed by atoms with Gasteiger partial charge in [0.2, 0.25) is 5.78 Å². The van der Waals surface area contributed by atoms with Gasteiger partial charge in [0.1, 0.15) is 11.6 Å². The Morgan fingerprint density at radius 3 is 2.30 bits per heavy atom. The van der Waals surface area contributed by atoms with Crippen LogP contribution in [-0.2, 0) is 4.74 Å². The minimum absolute atomic E-state index is 0.0825. The highest BCUT2D eigenvalue weighted by molar-refractivity contribution is 6.14. The molecule has 0 amide bonds. The van der Waals surface area contributed by atoms with Crippen molar-refractivity contribution in [1.29, 1.82) is 5.26 Å². The van der Waals surface area contributed by atoms with Crippen molar-refractivity contribution >= 4 is 17.8 Å². The van der Waals surface area contributed by atoms with Crippen molar-refractivity contribution in [3.05, 3.63) is 94.3 Å². The van der Waals surface area contributed by atoms with Crippen molar-refractivity contribution in [2.45, 2.75) is 20.8 Å². The molecule has 1 aromatic heterocycles. The molecule has 0 bridgehead atoms. The minimum atomic E-state index is -0.355.